The van der Waals surface area contributed by atoms with Crippen molar-refractivity contribution >= 4 is 11.6 Å². The summed E-state index contributed by atoms with van der Waals surface area (Å²) in [7, 11) is 0. The van der Waals surface area contributed by atoms with Crippen molar-refractivity contribution in [1.29, 1.82) is 0 Å². The topological polar surface area (TPSA) is 44.8 Å². The van der Waals surface area contributed by atoms with E-state index in [1.807, 2.05) is 18.2 Å². The Morgan fingerprint density at radius 3 is 2.47 bits per heavy atom. The van der Waals surface area contributed by atoms with Gasteiger partial charge in [0.25, 0.3) is 0 Å². The summed E-state index contributed by atoms with van der Waals surface area (Å²) in [4.78, 5) is 15.5. The van der Waals surface area contributed by atoms with Crippen LogP contribution >= 0.6 is 0 Å². The van der Waals surface area contributed by atoms with Crippen LogP contribution in [0.1, 0.15) is 45.8 Å². The maximum atomic E-state index is 15.5. The molecule has 188 valence electrons. The van der Waals surface area contributed by atoms with E-state index in [0.29, 0.717) is 23.8 Å². The zero-order valence-electron chi connectivity index (χ0n) is 21.3. The van der Waals surface area contributed by atoms with Crippen molar-refractivity contribution in [1.82, 2.24) is 4.48 Å². The highest BCUT2D eigenvalue weighted by atomic mass is 16.7. The van der Waals surface area contributed by atoms with Gasteiger partial charge in [-0.1, -0.05) is 72.3 Å². The van der Waals surface area contributed by atoms with E-state index in [4.69, 9.17) is 14.2 Å². The van der Waals surface area contributed by atoms with Crippen molar-refractivity contribution in [2.75, 3.05) is 13.4 Å². The summed E-state index contributed by atoms with van der Waals surface area (Å²) in [6.07, 6.45) is 1.90. The lowest BCUT2D eigenvalue weighted by Crippen LogP contribution is -2.58. The van der Waals surface area contributed by atoms with E-state index >= 15 is 4.79 Å². The molecule has 38 heavy (non-hydrogen) atoms. The predicted molar refractivity (Wildman–Crippen MR) is 144 cm³/mol. The van der Waals surface area contributed by atoms with E-state index in [1.165, 1.54) is 16.7 Å². The van der Waals surface area contributed by atoms with Crippen LogP contribution in [0.4, 0.5) is 5.69 Å². The molecule has 8 rings (SSSR count). The number of carbonyl (C=O) groups is 1. The first-order chi connectivity index (χ1) is 18.6. The highest BCUT2D eigenvalue weighted by Crippen LogP contribution is 2.61. The molecule has 0 saturated carbocycles. The number of benzene rings is 4. The standard InChI is InChI=1S/C33H28NO4/c1-21-10-12-22(13-11-21)18-34(27-15-14-23-6-2-3-7-24(23)27)28-9-5-4-8-25(28)33(32(34)35)19-36-29-17-31-30(16-26(29)33)37-20-38-31/h2-13,16-17,27H,14-15,18-20H2,1H3/q+1. The van der Waals surface area contributed by atoms with E-state index < -0.39 is 5.41 Å². The molecule has 1 spiro atoms. The van der Waals surface area contributed by atoms with Gasteiger partial charge in [0.1, 0.15) is 30.6 Å². The van der Waals surface area contributed by atoms with Crippen LogP contribution in [-0.4, -0.2) is 19.3 Å². The molecule has 5 heteroatoms. The number of quaternary nitrogens is 1. The van der Waals surface area contributed by atoms with Crippen LogP contribution in [0, 0.1) is 6.92 Å². The monoisotopic (exact) mass is 502 g/mol. The Hall–Kier alpha value is -4.09. The molecule has 1 amide bonds. The average Bonchev–Trinajstić information content (AvgIpc) is 3.71. The molecule has 4 aromatic rings. The minimum absolute atomic E-state index is 0.0265. The Labute approximate surface area is 221 Å². The number of aryl methyl sites for hydroxylation is 2. The van der Waals surface area contributed by atoms with Gasteiger partial charge in [0.15, 0.2) is 16.9 Å². The lowest BCUT2D eigenvalue weighted by atomic mass is 9.77. The number of hydrogen-bond acceptors (Lipinski definition) is 4. The molecule has 0 saturated heterocycles. The minimum Gasteiger partial charge on any atom is -0.491 e. The zero-order chi connectivity index (χ0) is 25.5. The van der Waals surface area contributed by atoms with E-state index in [-0.39, 0.29) is 29.8 Å². The van der Waals surface area contributed by atoms with Crippen LogP contribution < -0.4 is 18.7 Å². The van der Waals surface area contributed by atoms with E-state index in [2.05, 4.69) is 73.7 Å². The summed E-state index contributed by atoms with van der Waals surface area (Å²) in [5, 5.41) is 0. The molecule has 4 aromatic carbocycles. The van der Waals surface area contributed by atoms with E-state index in [1.54, 1.807) is 0 Å². The van der Waals surface area contributed by atoms with Crippen LogP contribution in [0.3, 0.4) is 0 Å². The number of rotatable bonds is 3. The van der Waals surface area contributed by atoms with Crippen molar-refractivity contribution in [2.45, 2.75) is 37.8 Å². The average molecular weight is 503 g/mol. The molecule has 3 atom stereocenters. The SMILES string of the molecule is Cc1ccc(C[N+]2(C3CCc4ccccc43)C(=O)C3(COc4cc5c(cc43)OCO5)c3ccccc32)cc1. The van der Waals surface area contributed by atoms with Gasteiger partial charge in [0, 0.05) is 40.8 Å². The third-order valence-corrected chi connectivity index (χ3v) is 9.09. The largest absolute Gasteiger partial charge is 0.491 e. The molecular formula is C33H28NO4+. The zero-order valence-corrected chi connectivity index (χ0v) is 21.3. The molecule has 0 N–H and O–H groups in total. The highest BCUT2D eigenvalue weighted by Gasteiger charge is 2.69. The van der Waals surface area contributed by atoms with Gasteiger partial charge in [0.2, 0.25) is 6.79 Å². The van der Waals surface area contributed by atoms with Crippen LogP contribution in [0.15, 0.2) is 84.9 Å². The van der Waals surface area contributed by atoms with Crippen LogP contribution in [0.5, 0.6) is 17.2 Å². The third-order valence-electron chi connectivity index (χ3n) is 9.09. The van der Waals surface area contributed by atoms with Crippen LogP contribution in [0.2, 0.25) is 0 Å². The van der Waals surface area contributed by atoms with Gasteiger partial charge in [-0.3, -0.25) is 0 Å². The summed E-state index contributed by atoms with van der Waals surface area (Å²) in [5.41, 5.74) is 7.09. The van der Waals surface area contributed by atoms with Crippen molar-refractivity contribution < 1.29 is 19.0 Å². The van der Waals surface area contributed by atoms with Gasteiger partial charge in [-0.2, -0.15) is 0 Å². The molecule has 3 unspecified atom stereocenters. The molecular weight excluding hydrogens is 474 g/mol. The minimum atomic E-state index is -0.908. The lowest BCUT2D eigenvalue weighted by molar-refractivity contribution is -0.136. The number of carbonyl (C=O) groups excluding carboxylic acids is 1. The first-order valence-corrected chi connectivity index (χ1v) is 13.3. The van der Waals surface area contributed by atoms with Gasteiger partial charge in [0.05, 0.1) is 0 Å². The summed E-state index contributed by atoms with van der Waals surface area (Å²) in [6, 6.07) is 29.6. The number of para-hydroxylation sites is 1. The molecule has 0 radical (unpaired) electrons. The van der Waals surface area contributed by atoms with Crippen LogP contribution in [-0.2, 0) is 23.2 Å². The van der Waals surface area contributed by atoms with E-state index in [0.717, 1.165) is 35.2 Å². The number of ether oxygens (including phenoxy) is 3. The maximum Gasteiger partial charge on any atom is 0.338 e. The third kappa shape index (κ3) is 2.72. The second-order valence-electron chi connectivity index (χ2n) is 11.0. The Morgan fingerprint density at radius 2 is 1.61 bits per heavy atom. The second-order valence-corrected chi connectivity index (χ2v) is 11.0. The summed E-state index contributed by atoms with van der Waals surface area (Å²) in [6.45, 7) is 3.16. The quantitative estimate of drug-likeness (QED) is 0.316. The van der Waals surface area contributed by atoms with Crippen molar-refractivity contribution in [3.8, 4) is 17.2 Å². The number of fused-ring (bicyclic) bond motifs is 6. The van der Waals surface area contributed by atoms with Crippen LogP contribution in [0.25, 0.3) is 0 Å². The van der Waals surface area contributed by atoms with Gasteiger partial charge < -0.3 is 14.2 Å². The molecule has 0 bridgehead atoms. The second kappa shape index (κ2) is 7.71. The Balaban J connectivity index is 1.39. The summed E-state index contributed by atoms with van der Waals surface area (Å²) >= 11 is 0. The fourth-order valence-corrected chi connectivity index (χ4v) is 7.34. The smallest absolute Gasteiger partial charge is 0.338 e. The highest BCUT2D eigenvalue weighted by molar-refractivity contribution is 6.08. The number of nitrogens with zero attached hydrogens (tertiary/aromatic N) is 1. The van der Waals surface area contributed by atoms with Gasteiger partial charge in [-0.05, 0) is 25.0 Å². The summed E-state index contributed by atoms with van der Waals surface area (Å²) in [5.74, 6) is 2.23. The Kier molecular flexibility index (Phi) is 4.45. The summed E-state index contributed by atoms with van der Waals surface area (Å²) < 4.78 is 18.0. The van der Waals surface area contributed by atoms with E-state index in [9.17, 15) is 0 Å². The fraction of sp³-hybridized carbons (Fsp3) is 0.242. The molecule has 4 aliphatic rings. The molecule has 0 aromatic heterocycles. The number of hydrogen-bond donors (Lipinski definition) is 0. The maximum absolute atomic E-state index is 15.5. The van der Waals surface area contributed by atoms with Crippen molar-refractivity contribution in [3.05, 3.63) is 118 Å². The van der Waals surface area contributed by atoms with Gasteiger partial charge >= 0.3 is 5.91 Å². The molecule has 0 fully saturated rings. The normalized spacial score (nSPS) is 25.8. The Morgan fingerprint density at radius 1 is 0.842 bits per heavy atom. The molecule has 5 nitrogen and oxygen atoms in total. The van der Waals surface area contributed by atoms with Crippen molar-refractivity contribution in [3.63, 3.8) is 0 Å². The predicted octanol–water partition coefficient (Wildman–Crippen LogP) is 6.14. The fourth-order valence-electron chi connectivity index (χ4n) is 7.34. The molecule has 1 aliphatic carbocycles. The Bertz CT molecular complexity index is 1630. The first-order valence-electron chi connectivity index (χ1n) is 13.3. The molecule has 3 aliphatic heterocycles. The first kappa shape index (κ1) is 21.9. The van der Waals surface area contributed by atoms with Gasteiger partial charge in [-0.15, -0.1) is 0 Å². The van der Waals surface area contributed by atoms with Crippen molar-refractivity contribution in [2.24, 2.45) is 0 Å². The molecule has 3 heterocycles. The van der Waals surface area contributed by atoms with Gasteiger partial charge in [-0.25, -0.2) is 9.28 Å². The number of amides is 1. The lowest BCUT2D eigenvalue weighted by Gasteiger charge is -2.39.